The van der Waals surface area contributed by atoms with Crippen molar-refractivity contribution >= 4 is 17.6 Å². The maximum atomic E-state index is 11.6. The lowest BCUT2D eigenvalue weighted by Gasteiger charge is -2.20. The van der Waals surface area contributed by atoms with Crippen molar-refractivity contribution in [3.63, 3.8) is 0 Å². The first-order valence-corrected chi connectivity index (χ1v) is 7.26. The molecule has 2 amide bonds. The molecule has 1 atom stereocenters. The molecule has 1 fully saturated rings. The summed E-state index contributed by atoms with van der Waals surface area (Å²) in [4.78, 5) is 13.1. The number of hydrogen-bond acceptors (Lipinski definition) is 2. The van der Waals surface area contributed by atoms with E-state index >= 15 is 0 Å². The molecule has 1 saturated carbocycles. The Labute approximate surface area is 125 Å². The van der Waals surface area contributed by atoms with Crippen molar-refractivity contribution in [3.8, 4) is 0 Å². The van der Waals surface area contributed by atoms with Gasteiger partial charge in [0.05, 0.1) is 12.7 Å². The van der Waals surface area contributed by atoms with Crippen molar-refractivity contribution in [2.75, 3.05) is 27.2 Å². The quantitative estimate of drug-likeness (QED) is 0.876. The second-order valence-corrected chi connectivity index (χ2v) is 5.83. The molecule has 1 aromatic rings. The van der Waals surface area contributed by atoms with Crippen LogP contribution < -0.4 is 5.32 Å². The number of nitrogens with one attached hydrogen (secondary N) is 1. The van der Waals surface area contributed by atoms with Crippen molar-refractivity contribution < 1.29 is 9.53 Å². The first kappa shape index (κ1) is 15.1. The van der Waals surface area contributed by atoms with Gasteiger partial charge >= 0.3 is 6.03 Å². The molecule has 1 unspecified atom stereocenters. The highest BCUT2D eigenvalue weighted by atomic mass is 35.5. The number of benzene rings is 1. The molecule has 4 nitrogen and oxygen atoms in total. The van der Waals surface area contributed by atoms with Crippen LogP contribution in [0.25, 0.3) is 0 Å². The molecule has 0 aromatic heterocycles. The lowest BCUT2D eigenvalue weighted by atomic mass is 10.1. The van der Waals surface area contributed by atoms with E-state index in [0.717, 1.165) is 12.2 Å². The van der Waals surface area contributed by atoms with Gasteiger partial charge < -0.3 is 15.0 Å². The Morgan fingerprint density at radius 1 is 1.40 bits per heavy atom. The van der Waals surface area contributed by atoms with Gasteiger partial charge in [0, 0.05) is 25.7 Å². The third-order valence-corrected chi connectivity index (χ3v) is 3.57. The Bertz CT molecular complexity index is 444. The van der Waals surface area contributed by atoms with Crippen molar-refractivity contribution in [3.05, 3.63) is 34.9 Å². The van der Waals surface area contributed by atoms with Crippen molar-refractivity contribution in [2.24, 2.45) is 5.92 Å². The van der Waals surface area contributed by atoms with Crippen LogP contribution in [0.5, 0.6) is 0 Å². The third kappa shape index (κ3) is 4.69. The highest BCUT2D eigenvalue weighted by molar-refractivity contribution is 6.30. The molecule has 1 aliphatic rings. The lowest BCUT2D eigenvalue weighted by Crippen LogP contribution is -2.37. The molecule has 1 aromatic carbocycles. The zero-order valence-corrected chi connectivity index (χ0v) is 12.7. The number of amides is 2. The highest BCUT2D eigenvalue weighted by Crippen LogP contribution is 2.31. The van der Waals surface area contributed by atoms with Crippen molar-refractivity contribution in [2.45, 2.75) is 18.9 Å². The summed E-state index contributed by atoms with van der Waals surface area (Å²) in [7, 11) is 3.44. The van der Waals surface area contributed by atoms with E-state index < -0.39 is 0 Å². The molecule has 0 radical (unpaired) electrons. The van der Waals surface area contributed by atoms with Crippen molar-refractivity contribution in [1.82, 2.24) is 10.2 Å². The standard InChI is InChI=1S/C15H21ClN2O2/c1-18(2)15(19)17-9-14(20-10-11-3-4-11)12-5-7-13(16)8-6-12/h5-8,11,14H,3-4,9-10H2,1-2H3,(H,17,19). The largest absolute Gasteiger partial charge is 0.371 e. The monoisotopic (exact) mass is 296 g/mol. The number of halogens is 1. The third-order valence-electron chi connectivity index (χ3n) is 3.32. The number of hydrogen-bond donors (Lipinski definition) is 1. The van der Waals surface area contributed by atoms with Crippen molar-refractivity contribution in [1.29, 1.82) is 0 Å². The fourth-order valence-corrected chi connectivity index (χ4v) is 1.95. The lowest BCUT2D eigenvalue weighted by molar-refractivity contribution is 0.0461. The molecule has 5 heteroatoms. The molecule has 0 heterocycles. The van der Waals surface area contributed by atoms with E-state index in [4.69, 9.17) is 16.3 Å². The number of carbonyl (C=O) groups is 1. The van der Waals surface area contributed by atoms with Crippen LogP contribution >= 0.6 is 11.6 Å². The van der Waals surface area contributed by atoms with E-state index in [2.05, 4.69) is 5.32 Å². The van der Waals surface area contributed by atoms with Gasteiger partial charge in [-0.1, -0.05) is 23.7 Å². The van der Waals surface area contributed by atoms with E-state index in [0.29, 0.717) is 17.5 Å². The topological polar surface area (TPSA) is 41.6 Å². The molecule has 0 aliphatic heterocycles. The Kier molecular flexibility index (Phi) is 5.26. The number of rotatable bonds is 6. The van der Waals surface area contributed by atoms with E-state index in [9.17, 15) is 4.79 Å². The summed E-state index contributed by atoms with van der Waals surface area (Å²) in [6, 6.07) is 7.47. The Morgan fingerprint density at radius 2 is 2.05 bits per heavy atom. The first-order valence-electron chi connectivity index (χ1n) is 6.88. The smallest absolute Gasteiger partial charge is 0.316 e. The second kappa shape index (κ2) is 6.95. The zero-order valence-electron chi connectivity index (χ0n) is 11.9. The van der Waals surface area contributed by atoms with Crippen LogP contribution in [0, 0.1) is 5.92 Å². The normalized spacial score (nSPS) is 15.8. The van der Waals surface area contributed by atoms with Crippen LogP contribution in [0.1, 0.15) is 24.5 Å². The molecule has 110 valence electrons. The predicted molar refractivity (Wildman–Crippen MR) is 80.0 cm³/mol. The summed E-state index contributed by atoms with van der Waals surface area (Å²) in [6.07, 6.45) is 2.37. The van der Waals surface area contributed by atoms with Gasteiger partial charge in [0.1, 0.15) is 0 Å². The van der Waals surface area contributed by atoms with Gasteiger partial charge in [-0.2, -0.15) is 0 Å². The Balaban J connectivity index is 1.95. The minimum Gasteiger partial charge on any atom is -0.371 e. The Hall–Kier alpha value is -1.26. The number of carbonyl (C=O) groups excluding carboxylic acids is 1. The fraction of sp³-hybridized carbons (Fsp3) is 0.533. The molecule has 20 heavy (non-hydrogen) atoms. The van der Waals surface area contributed by atoms with E-state index in [-0.39, 0.29) is 12.1 Å². The highest BCUT2D eigenvalue weighted by Gasteiger charge is 2.24. The van der Waals surface area contributed by atoms with Gasteiger partial charge in [-0.15, -0.1) is 0 Å². The maximum absolute atomic E-state index is 11.6. The van der Waals surface area contributed by atoms with Crippen LogP contribution in [0.4, 0.5) is 4.79 Å². The van der Waals surface area contributed by atoms with Gasteiger partial charge in [0.15, 0.2) is 0 Å². The predicted octanol–water partition coefficient (Wildman–Crippen LogP) is 3.08. The number of ether oxygens (including phenoxy) is 1. The molecule has 1 N–H and O–H groups in total. The van der Waals surface area contributed by atoms with Gasteiger partial charge in [-0.3, -0.25) is 0 Å². The summed E-state index contributed by atoms with van der Waals surface area (Å²) in [5, 5.41) is 3.57. The zero-order chi connectivity index (χ0) is 14.5. The van der Waals surface area contributed by atoms with Gasteiger partial charge in [0.2, 0.25) is 0 Å². The molecule has 1 aliphatic carbocycles. The number of nitrogens with zero attached hydrogens (tertiary/aromatic N) is 1. The van der Waals surface area contributed by atoms with Gasteiger partial charge in [0.25, 0.3) is 0 Å². The van der Waals surface area contributed by atoms with Crippen LogP contribution in [0.2, 0.25) is 5.02 Å². The van der Waals surface area contributed by atoms with E-state index in [1.54, 1.807) is 14.1 Å². The molecule has 0 saturated heterocycles. The maximum Gasteiger partial charge on any atom is 0.316 e. The summed E-state index contributed by atoms with van der Waals surface area (Å²) in [5.74, 6) is 0.689. The molecular weight excluding hydrogens is 276 g/mol. The molecular formula is C15H21ClN2O2. The number of urea groups is 1. The summed E-state index contributed by atoms with van der Waals surface area (Å²) in [5.41, 5.74) is 1.04. The average molecular weight is 297 g/mol. The average Bonchev–Trinajstić information content (AvgIpc) is 3.24. The first-order chi connectivity index (χ1) is 9.56. The van der Waals surface area contributed by atoms with Crippen LogP contribution in [0.3, 0.4) is 0 Å². The molecule has 0 bridgehead atoms. The second-order valence-electron chi connectivity index (χ2n) is 5.40. The minimum absolute atomic E-state index is 0.112. The van der Waals surface area contributed by atoms with Crippen LogP contribution in [0.15, 0.2) is 24.3 Å². The summed E-state index contributed by atoms with van der Waals surface area (Å²) >= 11 is 5.91. The van der Waals surface area contributed by atoms with Crippen LogP contribution in [-0.2, 0) is 4.74 Å². The van der Waals surface area contributed by atoms with E-state index in [1.807, 2.05) is 24.3 Å². The fourth-order valence-electron chi connectivity index (χ4n) is 1.83. The van der Waals surface area contributed by atoms with E-state index in [1.165, 1.54) is 17.7 Å². The van der Waals surface area contributed by atoms with Gasteiger partial charge in [-0.05, 0) is 36.5 Å². The molecule has 2 rings (SSSR count). The summed E-state index contributed by atoms with van der Waals surface area (Å²) in [6.45, 7) is 1.22. The van der Waals surface area contributed by atoms with Gasteiger partial charge in [-0.25, -0.2) is 4.79 Å². The SMILES string of the molecule is CN(C)C(=O)NCC(OCC1CC1)c1ccc(Cl)cc1. The Morgan fingerprint density at radius 3 is 2.60 bits per heavy atom. The molecule has 0 spiro atoms. The minimum atomic E-state index is -0.128. The summed E-state index contributed by atoms with van der Waals surface area (Å²) < 4.78 is 5.95. The van der Waals surface area contributed by atoms with Crippen LogP contribution in [-0.4, -0.2) is 38.2 Å².